The number of methoxy groups -OCH3 is 1. The predicted octanol–water partition coefficient (Wildman–Crippen LogP) is 2.04. The molecule has 0 saturated heterocycles. The Morgan fingerprint density at radius 1 is 1.35 bits per heavy atom. The van der Waals surface area contributed by atoms with Gasteiger partial charge in [-0.2, -0.15) is 4.98 Å². The van der Waals surface area contributed by atoms with E-state index in [0.29, 0.717) is 23.2 Å². The minimum Gasteiger partial charge on any atom is -0.481 e. The summed E-state index contributed by atoms with van der Waals surface area (Å²) in [5.41, 5.74) is 0.713. The van der Waals surface area contributed by atoms with Crippen LogP contribution in [0.5, 0.6) is 5.88 Å². The predicted molar refractivity (Wildman–Crippen MR) is 83.8 cm³/mol. The molecule has 1 saturated carbocycles. The van der Waals surface area contributed by atoms with Gasteiger partial charge < -0.3 is 9.26 Å². The first-order valence-corrected chi connectivity index (χ1v) is 9.34. The lowest BCUT2D eigenvalue weighted by molar-refractivity contribution is 0.382. The molecule has 0 radical (unpaired) electrons. The summed E-state index contributed by atoms with van der Waals surface area (Å²) in [4.78, 5) is 8.28. The van der Waals surface area contributed by atoms with Crippen LogP contribution in [0, 0.1) is 0 Å². The van der Waals surface area contributed by atoms with E-state index in [9.17, 15) is 8.42 Å². The van der Waals surface area contributed by atoms with Crippen molar-refractivity contribution in [2.75, 3.05) is 12.9 Å². The van der Waals surface area contributed by atoms with Crippen molar-refractivity contribution in [1.82, 2.24) is 15.1 Å². The minimum absolute atomic E-state index is 0.0545. The zero-order chi connectivity index (χ0) is 16.3. The van der Waals surface area contributed by atoms with Crippen molar-refractivity contribution in [2.45, 2.75) is 37.4 Å². The number of pyridine rings is 1. The Morgan fingerprint density at radius 2 is 2.13 bits per heavy atom. The van der Waals surface area contributed by atoms with E-state index in [1.165, 1.54) is 7.11 Å². The lowest BCUT2D eigenvalue weighted by atomic mass is 10.2. The third kappa shape index (κ3) is 3.69. The van der Waals surface area contributed by atoms with Gasteiger partial charge in [-0.25, -0.2) is 13.4 Å². The molecule has 8 heteroatoms. The Balaban J connectivity index is 1.67. The van der Waals surface area contributed by atoms with Crippen LogP contribution in [0.15, 0.2) is 22.9 Å². The van der Waals surface area contributed by atoms with Gasteiger partial charge >= 0.3 is 0 Å². The van der Waals surface area contributed by atoms with Crippen molar-refractivity contribution in [2.24, 2.45) is 0 Å². The normalized spacial score (nSPS) is 15.9. The molecular formula is C15H19N3O4S. The zero-order valence-electron chi connectivity index (χ0n) is 12.9. The van der Waals surface area contributed by atoms with Gasteiger partial charge in [-0.3, -0.25) is 0 Å². The van der Waals surface area contributed by atoms with Crippen molar-refractivity contribution < 1.29 is 17.7 Å². The molecule has 124 valence electrons. The summed E-state index contributed by atoms with van der Waals surface area (Å²) in [5, 5.41) is 3.70. The molecule has 2 aromatic rings. The molecule has 0 N–H and O–H groups in total. The van der Waals surface area contributed by atoms with Crippen molar-refractivity contribution >= 4 is 9.84 Å². The summed E-state index contributed by atoms with van der Waals surface area (Å²) in [7, 11) is -1.55. The maximum Gasteiger partial charge on any atom is 0.227 e. The fourth-order valence-electron chi connectivity index (χ4n) is 2.78. The standard InChI is InChI=1S/C15H19N3O4S/c1-21-14-10-11(6-8-16-14)15-17-13(22-18-15)7-9-23(19,20)12-4-2-3-5-12/h6,8,10,12H,2-5,7,9H2,1H3. The quantitative estimate of drug-likeness (QED) is 0.796. The van der Waals surface area contributed by atoms with Crippen LogP contribution in [0.4, 0.5) is 0 Å². The van der Waals surface area contributed by atoms with E-state index in [0.717, 1.165) is 25.7 Å². The van der Waals surface area contributed by atoms with E-state index in [-0.39, 0.29) is 17.4 Å². The van der Waals surface area contributed by atoms with Crippen molar-refractivity contribution in [3.63, 3.8) is 0 Å². The minimum atomic E-state index is -3.08. The highest BCUT2D eigenvalue weighted by Gasteiger charge is 2.28. The lowest BCUT2D eigenvalue weighted by Gasteiger charge is -2.09. The molecule has 0 spiro atoms. The Bertz CT molecular complexity index is 767. The molecule has 0 amide bonds. The summed E-state index contributed by atoms with van der Waals surface area (Å²) >= 11 is 0. The molecule has 1 fully saturated rings. The Labute approximate surface area is 135 Å². The summed E-state index contributed by atoms with van der Waals surface area (Å²) in [5.74, 6) is 1.24. The zero-order valence-corrected chi connectivity index (χ0v) is 13.8. The maximum atomic E-state index is 12.3. The van der Waals surface area contributed by atoms with Gasteiger partial charge in [0.1, 0.15) is 0 Å². The summed E-state index contributed by atoms with van der Waals surface area (Å²) < 4.78 is 34.7. The number of hydrogen-bond donors (Lipinski definition) is 0. The van der Waals surface area contributed by atoms with Gasteiger partial charge in [0.15, 0.2) is 9.84 Å². The maximum absolute atomic E-state index is 12.3. The SMILES string of the molecule is COc1cc(-c2noc(CCS(=O)(=O)C3CCCC3)n2)ccn1. The molecule has 0 bridgehead atoms. The van der Waals surface area contributed by atoms with Crippen LogP contribution in [0.25, 0.3) is 11.4 Å². The highest BCUT2D eigenvalue weighted by molar-refractivity contribution is 7.92. The van der Waals surface area contributed by atoms with Gasteiger partial charge in [-0.1, -0.05) is 18.0 Å². The number of aryl methyl sites for hydroxylation is 1. The van der Waals surface area contributed by atoms with Crippen LogP contribution in [-0.2, 0) is 16.3 Å². The molecule has 2 heterocycles. The average molecular weight is 337 g/mol. The highest BCUT2D eigenvalue weighted by atomic mass is 32.2. The second kappa shape index (κ2) is 6.66. The van der Waals surface area contributed by atoms with Crippen LogP contribution in [-0.4, -0.2) is 41.7 Å². The third-order valence-corrected chi connectivity index (χ3v) is 6.34. The molecule has 23 heavy (non-hydrogen) atoms. The van der Waals surface area contributed by atoms with Crippen molar-refractivity contribution in [3.8, 4) is 17.3 Å². The number of aromatic nitrogens is 3. The fourth-order valence-corrected chi connectivity index (χ4v) is 4.62. The van der Waals surface area contributed by atoms with E-state index in [4.69, 9.17) is 9.26 Å². The monoisotopic (exact) mass is 337 g/mol. The van der Waals surface area contributed by atoms with Crippen LogP contribution in [0.1, 0.15) is 31.6 Å². The first-order chi connectivity index (χ1) is 11.1. The van der Waals surface area contributed by atoms with Gasteiger partial charge in [0.2, 0.25) is 17.6 Å². The molecule has 0 aliphatic heterocycles. The number of rotatable bonds is 6. The number of nitrogens with zero attached hydrogens (tertiary/aromatic N) is 3. The van der Waals surface area contributed by atoms with Gasteiger partial charge in [0.25, 0.3) is 0 Å². The topological polar surface area (TPSA) is 95.2 Å². The van der Waals surface area contributed by atoms with Gasteiger partial charge in [-0.05, 0) is 18.9 Å². The summed E-state index contributed by atoms with van der Waals surface area (Å²) in [6, 6.07) is 3.44. The first-order valence-electron chi connectivity index (χ1n) is 7.63. The highest BCUT2D eigenvalue weighted by Crippen LogP contribution is 2.26. The van der Waals surface area contributed by atoms with E-state index < -0.39 is 9.84 Å². The Morgan fingerprint density at radius 3 is 2.87 bits per heavy atom. The molecule has 3 rings (SSSR count). The molecule has 1 aliphatic carbocycles. The molecule has 0 atom stereocenters. The molecule has 0 unspecified atom stereocenters. The molecule has 1 aliphatic rings. The summed E-state index contributed by atoms with van der Waals surface area (Å²) in [6.45, 7) is 0. The van der Waals surface area contributed by atoms with Crippen molar-refractivity contribution in [3.05, 3.63) is 24.2 Å². The van der Waals surface area contributed by atoms with Gasteiger partial charge in [0, 0.05) is 24.2 Å². The number of sulfone groups is 1. The van der Waals surface area contributed by atoms with Crippen LogP contribution >= 0.6 is 0 Å². The van der Waals surface area contributed by atoms with Crippen LogP contribution in [0.2, 0.25) is 0 Å². The van der Waals surface area contributed by atoms with Crippen LogP contribution < -0.4 is 4.74 Å². The lowest BCUT2D eigenvalue weighted by Crippen LogP contribution is -2.22. The van der Waals surface area contributed by atoms with Gasteiger partial charge in [-0.15, -0.1) is 0 Å². The third-order valence-electron chi connectivity index (χ3n) is 4.08. The Hall–Kier alpha value is -1.96. The first kappa shape index (κ1) is 15.9. The number of ether oxygens (including phenoxy) is 1. The largest absolute Gasteiger partial charge is 0.481 e. The van der Waals surface area contributed by atoms with E-state index in [1.54, 1.807) is 18.3 Å². The molecule has 0 aromatic carbocycles. The smallest absolute Gasteiger partial charge is 0.227 e. The second-order valence-corrected chi connectivity index (χ2v) is 8.02. The molecular weight excluding hydrogens is 318 g/mol. The van der Waals surface area contributed by atoms with Gasteiger partial charge in [0.05, 0.1) is 18.1 Å². The van der Waals surface area contributed by atoms with E-state index in [1.807, 2.05) is 0 Å². The van der Waals surface area contributed by atoms with Crippen molar-refractivity contribution in [1.29, 1.82) is 0 Å². The molecule has 2 aromatic heterocycles. The van der Waals surface area contributed by atoms with E-state index in [2.05, 4.69) is 15.1 Å². The van der Waals surface area contributed by atoms with E-state index >= 15 is 0 Å². The average Bonchev–Trinajstić information content (AvgIpc) is 3.25. The second-order valence-electron chi connectivity index (χ2n) is 5.62. The summed E-state index contributed by atoms with van der Waals surface area (Å²) in [6.07, 6.45) is 5.38. The van der Waals surface area contributed by atoms with Crippen LogP contribution in [0.3, 0.4) is 0 Å². The Kier molecular flexibility index (Phi) is 4.61. The number of hydrogen-bond acceptors (Lipinski definition) is 7. The fraction of sp³-hybridized carbons (Fsp3) is 0.533. The molecule has 7 nitrogen and oxygen atoms in total.